The van der Waals surface area contributed by atoms with E-state index in [0.29, 0.717) is 27.0 Å². The van der Waals surface area contributed by atoms with Crippen molar-refractivity contribution in [2.24, 2.45) is 17.1 Å². The van der Waals surface area contributed by atoms with E-state index >= 15 is 0 Å². The molecule has 3 aromatic heterocycles. The summed E-state index contributed by atoms with van der Waals surface area (Å²) in [6.45, 7) is 10.9. The van der Waals surface area contributed by atoms with Gasteiger partial charge < -0.3 is 16.8 Å². The number of thiophene rings is 2. The molecular formula is C24H30N4O2S2. The molecule has 2 amide bonds. The van der Waals surface area contributed by atoms with Gasteiger partial charge in [-0.1, -0.05) is 34.6 Å². The van der Waals surface area contributed by atoms with Gasteiger partial charge in [-0.2, -0.15) is 0 Å². The first-order valence-corrected chi connectivity index (χ1v) is 12.5. The Morgan fingerprint density at radius 1 is 1.22 bits per heavy atom. The molecule has 0 aromatic carbocycles. The van der Waals surface area contributed by atoms with Gasteiger partial charge in [0.1, 0.15) is 14.7 Å². The molecule has 0 saturated heterocycles. The van der Waals surface area contributed by atoms with Gasteiger partial charge in [0.2, 0.25) is 0 Å². The van der Waals surface area contributed by atoms with Gasteiger partial charge in [0, 0.05) is 16.0 Å². The van der Waals surface area contributed by atoms with Gasteiger partial charge in [-0.3, -0.25) is 9.59 Å². The SMILES string of the molecule is CC(C)c1ccc2c(N)c(C(=O)Nc3sc4c(c3C(N)=O)CCC(C(C)(C)C)C4)sc2n1. The first kappa shape index (κ1) is 22.7. The molecular weight excluding hydrogens is 440 g/mol. The zero-order chi connectivity index (χ0) is 23.4. The molecule has 3 aromatic rings. The second kappa shape index (κ2) is 8.15. The molecule has 5 N–H and O–H groups in total. The highest BCUT2D eigenvalue weighted by molar-refractivity contribution is 7.21. The summed E-state index contributed by atoms with van der Waals surface area (Å²) in [6, 6.07) is 3.87. The molecule has 6 nitrogen and oxygen atoms in total. The first-order chi connectivity index (χ1) is 15.0. The highest BCUT2D eigenvalue weighted by atomic mass is 32.1. The topological polar surface area (TPSA) is 111 Å². The van der Waals surface area contributed by atoms with E-state index in [1.165, 1.54) is 22.7 Å². The predicted octanol–water partition coefficient (Wildman–Crippen LogP) is 5.57. The van der Waals surface area contributed by atoms with Gasteiger partial charge in [0.15, 0.2) is 0 Å². The Morgan fingerprint density at radius 3 is 2.56 bits per heavy atom. The first-order valence-electron chi connectivity index (χ1n) is 10.9. The highest BCUT2D eigenvalue weighted by Gasteiger charge is 2.34. The summed E-state index contributed by atoms with van der Waals surface area (Å²) in [6.07, 6.45) is 2.70. The summed E-state index contributed by atoms with van der Waals surface area (Å²) in [5.41, 5.74) is 15.0. The predicted molar refractivity (Wildman–Crippen MR) is 134 cm³/mol. The summed E-state index contributed by atoms with van der Waals surface area (Å²) in [5, 5.41) is 4.24. The van der Waals surface area contributed by atoms with Crippen molar-refractivity contribution in [3.63, 3.8) is 0 Å². The number of aromatic nitrogens is 1. The van der Waals surface area contributed by atoms with E-state index in [1.54, 1.807) is 0 Å². The molecule has 170 valence electrons. The molecule has 0 spiro atoms. The third kappa shape index (κ3) is 4.01. The Hall–Kier alpha value is -2.45. The molecule has 32 heavy (non-hydrogen) atoms. The van der Waals surface area contributed by atoms with E-state index in [4.69, 9.17) is 11.5 Å². The smallest absolute Gasteiger partial charge is 0.268 e. The van der Waals surface area contributed by atoms with Crippen LogP contribution in [-0.2, 0) is 12.8 Å². The molecule has 1 unspecified atom stereocenters. The Morgan fingerprint density at radius 2 is 1.94 bits per heavy atom. The number of hydrogen-bond donors (Lipinski definition) is 3. The van der Waals surface area contributed by atoms with Crippen molar-refractivity contribution in [1.29, 1.82) is 0 Å². The number of nitrogens with one attached hydrogen (secondary N) is 1. The third-order valence-corrected chi connectivity index (χ3v) is 8.66. The van der Waals surface area contributed by atoms with Crippen molar-refractivity contribution in [1.82, 2.24) is 4.98 Å². The van der Waals surface area contributed by atoms with Gasteiger partial charge in [0.05, 0.1) is 11.3 Å². The minimum Gasteiger partial charge on any atom is -0.397 e. The van der Waals surface area contributed by atoms with Crippen LogP contribution < -0.4 is 16.8 Å². The second-order valence-corrected chi connectivity index (χ2v) is 12.0. The fourth-order valence-corrected chi connectivity index (χ4v) is 6.66. The van der Waals surface area contributed by atoms with Crippen LogP contribution in [0.5, 0.6) is 0 Å². The quantitative estimate of drug-likeness (QED) is 0.463. The van der Waals surface area contributed by atoms with Gasteiger partial charge in [-0.05, 0) is 54.2 Å². The maximum Gasteiger partial charge on any atom is 0.268 e. The Bertz CT molecular complexity index is 1220. The number of nitrogens with two attached hydrogens (primary N) is 2. The lowest BCUT2D eigenvalue weighted by molar-refractivity contribution is 0.1000. The summed E-state index contributed by atoms with van der Waals surface area (Å²) >= 11 is 2.74. The minimum absolute atomic E-state index is 0.186. The van der Waals surface area contributed by atoms with E-state index < -0.39 is 5.91 Å². The van der Waals surface area contributed by atoms with E-state index in [1.807, 2.05) is 12.1 Å². The van der Waals surface area contributed by atoms with E-state index in [9.17, 15) is 9.59 Å². The van der Waals surface area contributed by atoms with Gasteiger partial charge in [-0.15, -0.1) is 22.7 Å². The van der Waals surface area contributed by atoms with Crippen molar-refractivity contribution in [3.05, 3.63) is 38.7 Å². The van der Waals surface area contributed by atoms with Crippen LogP contribution >= 0.6 is 22.7 Å². The number of rotatable bonds is 4. The molecule has 1 atom stereocenters. The summed E-state index contributed by atoms with van der Waals surface area (Å²) in [4.78, 5) is 32.4. The van der Waals surface area contributed by atoms with Crippen LogP contribution in [-0.4, -0.2) is 16.8 Å². The number of nitrogens with zero attached hydrogens (tertiary/aromatic N) is 1. The molecule has 4 rings (SSSR count). The van der Waals surface area contributed by atoms with Gasteiger partial charge in [-0.25, -0.2) is 4.98 Å². The lowest BCUT2D eigenvalue weighted by Crippen LogP contribution is -2.27. The molecule has 0 bridgehead atoms. The molecule has 3 heterocycles. The number of carbonyl (C=O) groups is 2. The van der Waals surface area contributed by atoms with E-state index in [-0.39, 0.29) is 17.2 Å². The summed E-state index contributed by atoms with van der Waals surface area (Å²) in [5.74, 6) is -0.0190. The van der Waals surface area contributed by atoms with Crippen LogP contribution in [0.3, 0.4) is 0 Å². The van der Waals surface area contributed by atoms with Crippen molar-refractivity contribution >= 4 is 55.4 Å². The molecule has 0 saturated carbocycles. The number of primary amides is 1. The Labute approximate surface area is 196 Å². The van der Waals surface area contributed by atoms with Crippen LogP contribution in [0, 0.1) is 11.3 Å². The van der Waals surface area contributed by atoms with E-state index in [2.05, 4.69) is 44.9 Å². The van der Waals surface area contributed by atoms with Gasteiger partial charge >= 0.3 is 0 Å². The molecule has 0 radical (unpaired) electrons. The Kier molecular flexibility index (Phi) is 5.79. The molecule has 8 heteroatoms. The molecule has 0 aliphatic heterocycles. The average Bonchev–Trinajstić information content (AvgIpc) is 3.23. The highest BCUT2D eigenvalue weighted by Crippen LogP contribution is 2.44. The van der Waals surface area contributed by atoms with E-state index in [0.717, 1.165) is 45.6 Å². The lowest BCUT2D eigenvalue weighted by atomic mass is 9.72. The van der Waals surface area contributed by atoms with Crippen molar-refractivity contribution in [2.45, 2.75) is 59.8 Å². The number of anilines is 2. The van der Waals surface area contributed by atoms with Crippen LogP contribution in [0.1, 0.15) is 83.1 Å². The number of hydrogen-bond acceptors (Lipinski definition) is 6. The van der Waals surface area contributed by atoms with Gasteiger partial charge in [0.25, 0.3) is 11.8 Å². The lowest BCUT2D eigenvalue weighted by Gasteiger charge is -2.33. The van der Waals surface area contributed by atoms with Crippen LogP contribution in [0.15, 0.2) is 12.1 Å². The zero-order valence-electron chi connectivity index (χ0n) is 19.2. The summed E-state index contributed by atoms with van der Waals surface area (Å²) < 4.78 is 0. The second-order valence-electron chi connectivity index (χ2n) is 9.92. The third-order valence-electron chi connectivity index (χ3n) is 6.38. The van der Waals surface area contributed by atoms with Crippen LogP contribution in [0.25, 0.3) is 10.2 Å². The minimum atomic E-state index is -0.500. The zero-order valence-corrected chi connectivity index (χ0v) is 20.8. The fourth-order valence-electron chi connectivity index (χ4n) is 4.34. The fraction of sp³-hybridized carbons (Fsp3) is 0.458. The number of nitrogen functional groups attached to an aromatic ring is 1. The van der Waals surface area contributed by atoms with Crippen LogP contribution in [0.2, 0.25) is 0 Å². The number of pyridine rings is 1. The normalized spacial score (nSPS) is 16.4. The molecule has 0 fully saturated rings. The molecule has 1 aliphatic carbocycles. The standard InChI is InChI=1S/C24H30N4O2S2/c1-11(2)15-9-8-14-18(25)19(32-22(14)27-15)21(30)28-23-17(20(26)29)13-7-6-12(24(3,4)5)10-16(13)31-23/h8-9,11-12H,6-7,10,25H2,1-5H3,(H2,26,29)(H,28,30). The number of amides is 2. The average molecular weight is 471 g/mol. The monoisotopic (exact) mass is 470 g/mol. The van der Waals surface area contributed by atoms with Crippen molar-refractivity contribution in [2.75, 3.05) is 11.1 Å². The number of carbonyl (C=O) groups excluding carboxylic acids is 2. The van der Waals surface area contributed by atoms with Crippen molar-refractivity contribution in [3.8, 4) is 0 Å². The maximum absolute atomic E-state index is 13.2. The summed E-state index contributed by atoms with van der Waals surface area (Å²) in [7, 11) is 0. The van der Waals surface area contributed by atoms with Crippen LogP contribution in [0.4, 0.5) is 10.7 Å². The largest absolute Gasteiger partial charge is 0.397 e. The number of fused-ring (bicyclic) bond motifs is 2. The molecule has 1 aliphatic rings. The maximum atomic E-state index is 13.2. The van der Waals surface area contributed by atoms with Crippen molar-refractivity contribution < 1.29 is 9.59 Å². The Balaban J connectivity index is 1.67.